The van der Waals surface area contributed by atoms with Gasteiger partial charge in [0.1, 0.15) is 0 Å². The van der Waals surface area contributed by atoms with E-state index in [1.807, 2.05) is 26.0 Å². The van der Waals surface area contributed by atoms with Gasteiger partial charge in [0.2, 0.25) is 0 Å². The number of hydrogen-bond acceptors (Lipinski definition) is 9. The Morgan fingerprint density at radius 2 is 1.88 bits per heavy atom. The Kier molecular flexibility index (Phi) is 11.1. The van der Waals surface area contributed by atoms with Crippen LogP contribution in [0.25, 0.3) is 6.08 Å². The number of likely N-dealkylation sites (N-methyl/N-ethyl adjacent to an activating group) is 1. The third-order valence-electron chi connectivity index (χ3n) is 6.09. The molecule has 10 nitrogen and oxygen atoms in total. The van der Waals surface area contributed by atoms with Crippen LogP contribution >= 0.6 is 34.4 Å². The SMILES string of the molecule is CCOC(=O)COc1c(I)cc(/C=C2/SC(=Nc3cccc(C(=O)N4CCOCC4)c3)N(CC)C2=O)cc1OCC. The summed E-state index contributed by atoms with van der Waals surface area (Å²) in [5, 5.41) is 0.536. The number of morpholine rings is 1. The molecule has 0 radical (unpaired) electrons. The summed E-state index contributed by atoms with van der Waals surface area (Å²) < 4.78 is 22.5. The molecule has 41 heavy (non-hydrogen) atoms. The maximum Gasteiger partial charge on any atom is 0.344 e. The Labute approximate surface area is 257 Å². The van der Waals surface area contributed by atoms with Gasteiger partial charge in [-0.25, -0.2) is 9.79 Å². The molecule has 218 valence electrons. The van der Waals surface area contributed by atoms with Crippen molar-refractivity contribution >= 4 is 69.1 Å². The first kappa shape index (κ1) is 30.8. The number of hydrogen-bond donors (Lipinski definition) is 0. The summed E-state index contributed by atoms with van der Waals surface area (Å²) in [5.41, 5.74) is 1.88. The quantitative estimate of drug-likeness (QED) is 0.200. The molecule has 2 aliphatic heterocycles. The van der Waals surface area contributed by atoms with Gasteiger partial charge in [0, 0.05) is 25.2 Å². The van der Waals surface area contributed by atoms with E-state index in [-0.39, 0.29) is 25.0 Å². The fraction of sp³-hybridized carbons (Fsp3) is 0.379. The van der Waals surface area contributed by atoms with Gasteiger partial charge in [-0.15, -0.1) is 0 Å². The number of carbonyl (C=O) groups excluding carboxylic acids is 3. The van der Waals surface area contributed by atoms with Crippen LogP contribution in [-0.2, 0) is 19.1 Å². The average Bonchev–Trinajstić information content (AvgIpc) is 3.26. The molecule has 2 aliphatic rings. The van der Waals surface area contributed by atoms with E-state index in [0.717, 1.165) is 9.13 Å². The summed E-state index contributed by atoms with van der Waals surface area (Å²) in [4.78, 5) is 46.7. The summed E-state index contributed by atoms with van der Waals surface area (Å²) in [6.07, 6.45) is 1.79. The van der Waals surface area contributed by atoms with Crippen LogP contribution in [-0.4, -0.2) is 85.4 Å². The topological polar surface area (TPSA) is 107 Å². The molecular weight excluding hydrogens is 661 g/mol. The molecule has 0 saturated carbocycles. The molecule has 2 heterocycles. The van der Waals surface area contributed by atoms with Crippen LogP contribution in [0.1, 0.15) is 36.7 Å². The van der Waals surface area contributed by atoms with Crippen LogP contribution < -0.4 is 9.47 Å². The molecule has 12 heteroatoms. The lowest BCUT2D eigenvalue weighted by molar-refractivity contribution is -0.145. The molecule has 0 unspecified atom stereocenters. The van der Waals surface area contributed by atoms with Crippen molar-refractivity contribution in [2.45, 2.75) is 20.8 Å². The van der Waals surface area contributed by atoms with Crippen LogP contribution in [0, 0.1) is 3.57 Å². The first-order valence-corrected chi connectivity index (χ1v) is 15.3. The average molecular weight is 694 g/mol. The number of amidine groups is 1. The molecule has 2 amide bonds. The van der Waals surface area contributed by atoms with Crippen molar-refractivity contribution in [1.29, 1.82) is 0 Å². The number of rotatable bonds is 10. The normalized spacial score (nSPS) is 17.3. The van der Waals surface area contributed by atoms with Crippen LogP contribution in [0.5, 0.6) is 11.5 Å². The Morgan fingerprint density at radius 3 is 2.59 bits per heavy atom. The lowest BCUT2D eigenvalue weighted by Gasteiger charge is -2.26. The van der Waals surface area contributed by atoms with Gasteiger partial charge in [-0.3, -0.25) is 14.5 Å². The number of halogens is 1. The Hall–Kier alpha value is -3.10. The number of ether oxygens (including phenoxy) is 4. The van der Waals surface area contributed by atoms with Crippen LogP contribution in [0.2, 0.25) is 0 Å². The number of amides is 2. The Morgan fingerprint density at radius 1 is 1.10 bits per heavy atom. The van der Waals surface area contributed by atoms with Crippen molar-refractivity contribution < 1.29 is 33.3 Å². The monoisotopic (exact) mass is 693 g/mol. The number of aliphatic imine (C=N–C) groups is 1. The summed E-state index contributed by atoms with van der Waals surface area (Å²) in [6.45, 7) is 8.53. The molecule has 2 fully saturated rings. The standard InChI is InChI=1S/C29H32IN3O7S/c1-4-33-28(36)24(16-19-14-22(30)26(23(15-19)38-5-2)40-18-25(34)39-6-3)41-29(33)31-21-9-7-8-20(17-21)27(35)32-10-12-37-13-11-32/h7-9,14-17H,4-6,10-13,18H2,1-3H3/b24-16+,31-29?. The minimum atomic E-state index is -0.465. The Bertz CT molecular complexity index is 1360. The smallest absolute Gasteiger partial charge is 0.344 e. The third kappa shape index (κ3) is 7.80. The van der Waals surface area contributed by atoms with Crippen molar-refractivity contribution in [3.63, 3.8) is 0 Å². The van der Waals surface area contributed by atoms with Crippen molar-refractivity contribution in [1.82, 2.24) is 9.80 Å². The van der Waals surface area contributed by atoms with E-state index >= 15 is 0 Å². The van der Waals surface area contributed by atoms with Gasteiger partial charge in [0.15, 0.2) is 23.3 Å². The molecule has 2 aromatic rings. The van der Waals surface area contributed by atoms with E-state index in [1.54, 1.807) is 47.1 Å². The number of esters is 1. The number of thioether (sulfide) groups is 1. The largest absolute Gasteiger partial charge is 0.490 e. The van der Waals surface area contributed by atoms with E-state index in [9.17, 15) is 14.4 Å². The Balaban J connectivity index is 1.57. The summed E-state index contributed by atoms with van der Waals surface area (Å²) in [6, 6.07) is 10.8. The van der Waals surface area contributed by atoms with Gasteiger partial charge >= 0.3 is 5.97 Å². The molecule has 2 aromatic carbocycles. The molecule has 0 bridgehead atoms. The van der Waals surface area contributed by atoms with Crippen molar-refractivity contribution in [3.8, 4) is 11.5 Å². The van der Waals surface area contributed by atoms with E-state index < -0.39 is 5.97 Å². The van der Waals surface area contributed by atoms with Gasteiger partial charge < -0.3 is 23.8 Å². The molecule has 4 rings (SSSR count). The zero-order valence-electron chi connectivity index (χ0n) is 23.2. The predicted octanol–water partition coefficient (Wildman–Crippen LogP) is 4.73. The predicted molar refractivity (Wildman–Crippen MR) is 166 cm³/mol. The van der Waals surface area contributed by atoms with Crippen molar-refractivity contribution in [2.75, 3.05) is 52.7 Å². The fourth-order valence-corrected chi connectivity index (χ4v) is 6.04. The van der Waals surface area contributed by atoms with Crippen molar-refractivity contribution in [2.24, 2.45) is 4.99 Å². The molecule has 0 spiro atoms. The zero-order chi connectivity index (χ0) is 29.4. The van der Waals surface area contributed by atoms with Crippen LogP contribution in [0.3, 0.4) is 0 Å². The molecular formula is C29H32IN3O7S. The third-order valence-corrected chi connectivity index (χ3v) is 7.90. The van der Waals surface area contributed by atoms with E-state index in [1.165, 1.54) is 11.8 Å². The van der Waals surface area contributed by atoms with Crippen molar-refractivity contribution in [3.05, 3.63) is 56.0 Å². The highest BCUT2D eigenvalue weighted by Crippen LogP contribution is 2.38. The van der Waals surface area contributed by atoms with Gasteiger partial charge in [-0.2, -0.15) is 0 Å². The highest BCUT2D eigenvalue weighted by molar-refractivity contribution is 14.1. The highest BCUT2D eigenvalue weighted by atomic mass is 127. The van der Waals surface area contributed by atoms with Gasteiger partial charge in [0.05, 0.1) is 40.6 Å². The minimum Gasteiger partial charge on any atom is -0.490 e. The lowest BCUT2D eigenvalue weighted by Crippen LogP contribution is -2.40. The molecule has 0 atom stereocenters. The lowest BCUT2D eigenvalue weighted by atomic mass is 10.1. The number of carbonyl (C=O) groups is 3. The first-order chi connectivity index (χ1) is 19.8. The maximum absolute atomic E-state index is 13.3. The van der Waals surface area contributed by atoms with Gasteiger partial charge in [-0.05, 0) is 97.1 Å². The second-order valence-electron chi connectivity index (χ2n) is 8.87. The van der Waals surface area contributed by atoms with E-state index in [4.69, 9.17) is 23.9 Å². The zero-order valence-corrected chi connectivity index (χ0v) is 26.2. The second-order valence-corrected chi connectivity index (χ2v) is 11.0. The molecule has 0 N–H and O–H groups in total. The summed E-state index contributed by atoms with van der Waals surface area (Å²) >= 11 is 3.39. The van der Waals surface area contributed by atoms with Crippen LogP contribution in [0.15, 0.2) is 46.3 Å². The van der Waals surface area contributed by atoms with Gasteiger partial charge in [0.25, 0.3) is 11.8 Å². The van der Waals surface area contributed by atoms with Crippen LogP contribution in [0.4, 0.5) is 5.69 Å². The molecule has 0 aliphatic carbocycles. The van der Waals surface area contributed by atoms with Gasteiger partial charge in [-0.1, -0.05) is 6.07 Å². The van der Waals surface area contributed by atoms with E-state index in [0.29, 0.717) is 72.3 Å². The number of nitrogens with zero attached hydrogens (tertiary/aromatic N) is 3. The maximum atomic E-state index is 13.3. The minimum absolute atomic E-state index is 0.0622. The molecule has 0 aromatic heterocycles. The molecule has 2 saturated heterocycles. The second kappa shape index (κ2) is 14.7. The first-order valence-electron chi connectivity index (χ1n) is 13.4. The number of benzene rings is 2. The van der Waals surface area contributed by atoms with E-state index in [2.05, 4.69) is 22.6 Å². The summed E-state index contributed by atoms with van der Waals surface area (Å²) in [5.74, 6) is 0.221. The fourth-order valence-electron chi connectivity index (χ4n) is 4.20. The summed E-state index contributed by atoms with van der Waals surface area (Å²) in [7, 11) is 0. The highest BCUT2D eigenvalue weighted by Gasteiger charge is 2.32.